The van der Waals surface area contributed by atoms with Gasteiger partial charge in [-0.1, -0.05) is 0 Å². The maximum atomic E-state index is 9.69. The van der Waals surface area contributed by atoms with Gasteiger partial charge in [0.1, 0.15) is 0 Å². The first kappa shape index (κ1) is 13.0. The summed E-state index contributed by atoms with van der Waals surface area (Å²) < 4.78 is 0. The van der Waals surface area contributed by atoms with E-state index in [1.807, 2.05) is 0 Å². The molecule has 6 nitrogen and oxygen atoms in total. The smallest absolute Gasteiger partial charge is 0.333 e. The van der Waals surface area contributed by atoms with Crippen molar-refractivity contribution in [3.63, 3.8) is 0 Å². The fourth-order valence-electron chi connectivity index (χ4n) is 0.184. The molecule has 0 heterocycles. The molecule has 0 fully saturated rings. The molecule has 1 radical (unpaired) electrons. The van der Waals surface area contributed by atoms with Crippen molar-refractivity contribution < 1.29 is 46.6 Å². The van der Waals surface area contributed by atoms with Crippen LogP contribution in [0.2, 0.25) is 0 Å². The third-order valence-corrected chi connectivity index (χ3v) is 0.448. The van der Waals surface area contributed by atoms with Crippen LogP contribution < -0.4 is 0 Å². The molecule has 0 aromatic rings. The molecular weight excluding hydrogens is 199 g/mol. The minimum atomic E-state index is -1.22. The van der Waals surface area contributed by atoms with E-state index in [2.05, 4.69) is 9.78 Å². The number of rotatable bonds is 5. The Morgan fingerprint density at radius 3 is 1.45 bits per heavy atom. The monoisotopic (exact) mass is 205 g/mol. The van der Waals surface area contributed by atoms with Crippen molar-refractivity contribution in [3.8, 4) is 0 Å². The molecule has 0 aliphatic carbocycles. The summed E-state index contributed by atoms with van der Waals surface area (Å²) in [4.78, 5) is 27.2. The summed E-state index contributed by atoms with van der Waals surface area (Å²) in [6.07, 6.45) is 0. The quantitative estimate of drug-likeness (QED) is 0.261. The fourth-order valence-corrected chi connectivity index (χ4v) is 0.184. The van der Waals surface area contributed by atoms with Gasteiger partial charge >= 0.3 is 11.9 Å². The van der Waals surface area contributed by atoms with Crippen LogP contribution in [0.4, 0.5) is 0 Å². The van der Waals surface area contributed by atoms with E-state index >= 15 is 0 Å². The third-order valence-electron chi connectivity index (χ3n) is 0.448. The van der Waals surface area contributed by atoms with Gasteiger partial charge in [-0.05, 0) is 0 Å². The van der Waals surface area contributed by atoms with Crippen LogP contribution in [-0.2, 0) is 36.4 Å². The van der Waals surface area contributed by atoms with E-state index in [-0.39, 0.29) is 17.1 Å². The molecule has 0 saturated carbocycles. The predicted molar refractivity (Wildman–Crippen MR) is 27.2 cm³/mol. The van der Waals surface area contributed by atoms with Gasteiger partial charge < -0.3 is 10.2 Å². The van der Waals surface area contributed by atoms with E-state index in [1.54, 1.807) is 0 Å². The largest absolute Gasteiger partial charge is 0.479 e. The number of carboxylic acid groups (broad SMARTS) is 2. The van der Waals surface area contributed by atoms with Crippen LogP contribution in [-0.4, -0.2) is 35.4 Å². The first-order valence-corrected chi connectivity index (χ1v) is 2.31. The van der Waals surface area contributed by atoms with Gasteiger partial charge in [0.25, 0.3) is 0 Å². The first-order valence-electron chi connectivity index (χ1n) is 2.31. The standard InChI is InChI=1S/C4H6O6.Mn/c5-3(6)1-9-10-2-4(7)8;/h1-2H2,(H,5,6)(H,7,8);. The Hall–Kier alpha value is -0.621. The maximum Gasteiger partial charge on any atom is 0.333 e. The van der Waals surface area contributed by atoms with Crippen molar-refractivity contribution in [2.24, 2.45) is 0 Å². The number of aliphatic carboxylic acids is 2. The van der Waals surface area contributed by atoms with Gasteiger partial charge in [0.15, 0.2) is 13.2 Å². The molecule has 0 amide bonds. The minimum Gasteiger partial charge on any atom is -0.479 e. The molecule has 0 aliphatic rings. The number of hydrogen-bond acceptors (Lipinski definition) is 4. The van der Waals surface area contributed by atoms with Gasteiger partial charge in [-0.3, -0.25) is 0 Å². The zero-order valence-corrected chi connectivity index (χ0v) is 6.50. The fraction of sp³-hybridized carbons (Fsp3) is 0.500. The van der Waals surface area contributed by atoms with Gasteiger partial charge in [-0.25, -0.2) is 19.4 Å². The summed E-state index contributed by atoms with van der Waals surface area (Å²) in [6, 6.07) is 0. The van der Waals surface area contributed by atoms with E-state index in [1.165, 1.54) is 0 Å². The predicted octanol–water partition coefficient (Wildman–Crippen LogP) is -0.899. The molecule has 7 heteroatoms. The molecule has 65 valence electrons. The van der Waals surface area contributed by atoms with Gasteiger partial charge in [0.05, 0.1) is 0 Å². The van der Waals surface area contributed by atoms with Crippen LogP contribution in [0.3, 0.4) is 0 Å². The average molecular weight is 205 g/mol. The molecule has 0 aliphatic heterocycles. The summed E-state index contributed by atoms with van der Waals surface area (Å²) in [5, 5.41) is 15.9. The molecule has 0 unspecified atom stereocenters. The number of carboxylic acids is 2. The zero-order valence-electron chi connectivity index (χ0n) is 5.32. The van der Waals surface area contributed by atoms with Crippen LogP contribution in [0.15, 0.2) is 0 Å². The van der Waals surface area contributed by atoms with Crippen molar-refractivity contribution in [1.29, 1.82) is 0 Å². The molecular formula is C4H6MnO6. The second kappa shape index (κ2) is 7.49. The molecule has 11 heavy (non-hydrogen) atoms. The number of hydrogen-bond donors (Lipinski definition) is 2. The van der Waals surface area contributed by atoms with Crippen LogP contribution >= 0.6 is 0 Å². The molecule has 0 atom stereocenters. The van der Waals surface area contributed by atoms with E-state index in [9.17, 15) is 9.59 Å². The van der Waals surface area contributed by atoms with Gasteiger partial charge in [0, 0.05) is 17.1 Å². The Balaban J connectivity index is 0. The summed E-state index contributed by atoms with van der Waals surface area (Å²) in [6.45, 7) is -1.32. The Morgan fingerprint density at radius 1 is 1.00 bits per heavy atom. The van der Waals surface area contributed by atoms with Crippen molar-refractivity contribution in [3.05, 3.63) is 0 Å². The SMILES string of the molecule is O=C(O)COOCC(=O)O.[Mn]. The second-order valence-electron chi connectivity index (χ2n) is 1.31. The normalized spacial score (nSPS) is 8.36. The molecule has 0 aromatic carbocycles. The molecule has 2 N–H and O–H groups in total. The van der Waals surface area contributed by atoms with E-state index in [0.717, 1.165) is 0 Å². The van der Waals surface area contributed by atoms with Crippen LogP contribution in [0.5, 0.6) is 0 Å². The Morgan fingerprint density at radius 2 is 1.27 bits per heavy atom. The Bertz CT molecular complexity index is 119. The van der Waals surface area contributed by atoms with Gasteiger partial charge in [-0.2, -0.15) is 0 Å². The summed E-state index contributed by atoms with van der Waals surface area (Å²) in [7, 11) is 0. The van der Waals surface area contributed by atoms with Gasteiger partial charge in [-0.15, -0.1) is 0 Å². The molecule has 0 aromatic heterocycles. The van der Waals surface area contributed by atoms with E-state index in [4.69, 9.17) is 10.2 Å². The molecule has 0 spiro atoms. The van der Waals surface area contributed by atoms with Crippen molar-refractivity contribution >= 4 is 11.9 Å². The van der Waals surface area contributed by atoms with Crippen molar-refractivity contribution in [1.82, 2.24) is 0 Å². The van der Waals surface area contributed by atoms with E-state index < -0.39 is 25.2 Å². The third kappa shape index (κ3) is 12.6. The molecule has 0 rings (SSSR count). The summed E-state index contributed by atoms with van der Waals surface area (Å²) in [5.74, 6) is -2.43. The second-order valence-corrected chi connectivity index (χ2v) is 1.31. The van der Waals surface area contributed by atoms with Crippen LogP contribution in [0.1, 0.15) is 0 Å². The average Bonchev–Trinajstić information content (AvgIpc) is 1.79. The minimum absolute atomic E-state index is 0. The topological polar surface area (TPSA) is 93.1 Å². The van der Waals surface area contributed by atoms with Crippen LogP contribution in [0, 0.1) is 0 Å². The molecule has 0 saturated heterocycles. The maximum absolute atomic E-state index is 9.69. The zero-order chi connectivity index (χ0) is 7.98. The van der Waals surface area contributed by atoms with Crippen LogP contribution in [0.25, 0.3) is 0 Å². The van der Waals surface area contributed by atoms with Gasteiger partial charge in [0.2, 0.25) is 0 Å². The Labute approximate surface area is 72.5 Å². The Kier molecular flexibility index (Phi) is 8.85. The number of carbonyl (C=O) groups is 2. The van der Waals surface area contributed by atoms with Crippen molar-refractivity contribution in [2.75, 3.05) is 13.2 Å². The van der Waals surface area contributed by atoms with Crippen molar-refractivity contribution in [2.45, 2.75) is 0 Å². The first-order chi connectivity index (χ1) is 4.63. The molecule has 0 bridgehead atoms. The summed E-state index contributed by atoms with van der Waals surface area (Å²) in [5.41, 5.74) is 0. The summed E-state index contributed by atoms with van der Waals surface area (Å²) >= 11 is 0. The van der Waals surface area contributed by atoms with E-state index in [0.29, 0.717) is 0 Å².